The van der Waals surface area contributed by atoms with E-state index >= 15 is 0 Å². The fourth-order valence-corrected chi connectivity index (χ4v) is 0.344. The van der Waals surface area contributed by atoms with Crippen molar-refractivity contribution in [3.05, 3.63) is 0 Å². The van der Waals surface area contributed by atoms with Crippen LogP contribution in [0.15, 0.2) is 0 Å². The van der Waals surface area contributed by atoms with Crippen LogP contribution in [-0.4, -0.2) is 21.6 Å². The average molecular weight is 161 g/mol. The van der Waals surface area contributed by atoms with E-state index in [4.69, 9.17) is 7.38 Å². The minimum absolute atomic E-state index is 0. The quantitative estimate of drug-likeness (QED) is 0.462. The van der Waals surface area contributed by atoms with Crippen molar-refractivity contribution in [1.29, 1.82) is 0 Å². The zero-order chi connectivity index (χ0) is 5.91. The summed E-state index contributed by atoms with van der Waals surface area (Å²) in [6.07, 6.45) is 0. The maximum atomic E-state index is 8.43. The van der Waals surface area contributed by atoms with E-state index in [-0.39, 0.29) is 6.15 Å². The SMILES string of the molecule is C[O][Ti]([OH])([OH])[O]C.N. The summed E-state index contributed by atoms with van der Waals surface area (Å²) in [6.45, 7) is 0. The Morgan fingerprint density at radius 1 is 1.12 bits per heavy atom. The number of hydrogen-bond acceptors (Lipinski definition) is 5. The summed E-state index contributed by atoms with van der Waals surface area (Å²) >= 11 is -4.08. The van der Waals surface area contributed by atoms with E-state index < -0.39 is 18.1 Å². The molecule has 0 fully saturated rings. The second-order valence-electron chi connectivity index (χ2n) is 0.957. The molecule has 0 heterocycles. The molecule has 0 aliphatic carbocycles. The molecule has 0 unspecified atom stereocenters. The fourth-order valence-electron chi connectivity index (χ4n) is 0.0833. The van der Waals surface area contributed by atoms with E-state index in [0.717, 1.165) is 0 Å². The van der Waals surface area contributed by atoms with Crippen molar-refractivity contribution < 1.29 is 32.2 Å². The standard InChI is InChI=1S/2CH3O.H3N.2H2O.Ti/c2*1-2;;;;/h2*1H3;1H3;2*1H2;/q2*-1;;;;+4/p-2. The van der Waals surface area contributed by atoms with E-state index in [0.29, 0.717) is 0 Å². The third-order valence-electron chi connectivity index (χ3n) is 0.532. The van der Waals surface area contributed by atoms with E-state index in [9.17, 15) is 0 Å². The van der Waals surface area contributed by atoms with E-state index in [1.54, 1.807) is 0 Å². The molecule has 0 aromatic heterocycles. The Morgan fingerprint density at radius 2 is 1.38 bits per heavy atom. The van der Waals surface area contributed by atoms with Crippen molar-refractivity contribution in [3.8, 4) is 0 Å². The van der Waals surface area contributed by atoms with Gasteiger partial charge in [-0.15, -0.1) is 0 Å². The van der Waals surface area contributed by atoms with Gasteiger partial charge in [0.15, 0.2) is 0 Å². The van der Waals surface area contributed by atoms with E-state index in [1.165, 1.54) is 14.2 Å². The number of hydrogen-bond donors (Lipinski definition) is 3. The Bertz CT molecular complexity index is 52.0. The smallest absolute Gasteiger partial charge is 0.344 e. The maximum Gasteiger partial charge on any atom is -0.344 e. The first kappa shape index (κ1) is 11.3. The first-order valence-corrected chi connectivity index (χ1v) is 4.34. The molecule has 0 bridgehead atoms. The van der Waals surface area contributed by atoms with Crippen molar-refractivity contribution in [1.82, 2.24) is 6.15 Å². The summed E-state index contributed by atoms with van der Waals surface area (Å²) in [4.78, 5) is 0. The predicted octanol–water partition coefficient (Wildman–Crippen LogP) is -0.760. The normalized spacial score (nSPS) is 10.5. The molecule has 0 spiro atoms. The molecule has 0 amide bonds. The van der Waals surface area contributed by atoms with Crippen molar-refractivity contribution in [2.75, 3.05) is 14.2 Å². The Balaban J connectivity index is 0. The van der Waals surface area contributed by atoms with Crippen molar-refractivity contribution in [3.63, 3.8) is 0 Å². The Kier molecular flexibility index (Phi) is 6.23. The van der Waals surface area contributed by atoms with Crippen LogP contribution in [0.1, 0.15) is 0 Å². The van der Waals surface area contributed by atoms with Crippen molar-refractivity contribution in [2.24, 2.45) is 0 Å². The minimum atomic E-state index is -4.08. The zero-order valence-corrected chi connectivity index (χ0v) is 6.48. The second kappa shape index (κ2) is 4.40. The van der Waals surface area contributed by atoms with Gasteiger partial charge in [-0.3, -0.25) is 0 Å². The molecular formula is C2H11NO4Ti. The minimum Gasteiger partial charge on any atom is -0.344 e. The molecule has 0 saturated carbocycles. The molecule has 5 nitrogen and oxygen atoms in total. The topological polar surface area (TPSA) is 93.9 Å². The molecule has 0 saturated heterocycles. The van der Waals surface area contributed by atoms with Crippen LogP contribution in [0.3, 0.4) is 0 Å². The van der Waals surface area contributed by atoms with Gasteiger partial charge in [-0.05, 0) is 0 Å². The van der Waals surface area contributed by atoms with Gasteiger partial charge in [0.05, 0.1) is 0 Å². The van der Waals surface area contributed by atoms with Gasteiger partial charge >= 0.3 is 46.4 Å². The van der Waals surface area contributed by atoms with Crippen LogP contribution in [0.4, 0.5) is 0 Å². The van der Waals surface area contributed by atoms with Gasteiger partial charge in [-0.25, -0.2) is 0 Å². The van der Waals surface area contributed by atoms with Gasteiger partial charge < -0.3 is 6.15 Å². The predicted molar refractivity (Wildman–Crippen MR) is 23.5 cm³/mol. The maximum absolute atomic E-state index is 8.43. The van der Waals surface area contributed by atoms with Crippen molar-refractivity contribution in [2.45, 2.75) is 0 Å². The summed E-state index contributed by atoms with van der Waals surface area (Å²) < 4.78 is 25.2. The molecule has 52 valence electrons. The monoisotopic (exact) mass is 161 g/mol. The molecule has 0 atom stereocenters. The second-order valence-corrected chi connectivity index (χ2v) is 3.94. The molecule has 6 heteroatoms. The van der Waals surface area contributed by atoms with Crippen LogP contribution in [0.5, 0.6) is 0 Å². The molecular weight excluding hydrogens is 150 g/mol. The fraction of sp³-hybridized carbons (Fsp3) is 1.00. The summed E-state index contributed by atoms with van der Waals surface area (Å²) in [7, 11) is 2.40. The molecule has 0 aliphatic heterocycles. The Labute approximate surface area is 53.1 Å². The third-order valence-corrected chi connectivity index (χ3v) is 2.19. The van der Waals surface area contributed by atoms with Gasteiger partial charge in [-0.1, -0.05) is 0 Å². The molecule has 0 aromatic rings. The summed E-state index contributed by atoms with van der Waals surface area (Å²) in [5, 5.41) is 0. The molecule has 5 N–H and O–H groups in total. The molecule has 0 aliphatic rings. The molecule has 0 rings (SSSR count). The van der Waals surface area contributed by atoms with Crippen LogP contribution in [-0.2, 0) is 24.8 Å². The molecule has 0 aromatic carbocycles. The van der Waals surface area contributed by atoms with E-state index in [2.05, 4.69) is 6.64 Å². The van der Waals surface area contributed by atoms with Gasteiger partial charge in [0.25, 0.3) is 0 Å². The largest absolute Gasteiger partial charge is 0.344 e. The van der Waals surface area contributed by atoms with Gasteiger partial charge in [0.2, 0.25) is 0 Å². The summed E-state index contributed by atoms with van der Waals surface area (Å²) in [5.41, 5.74) is 0. The van der Waals surface area contributed by atoms with E-state index in [1.807, 2.05) is 0 Å². The van der Waals surface area contributed by atoms with Gasteiger partial charge in [0, 0.05) is 0 Å². The molecule has 8 heavy (non-hydrogen) atoms. The summed E-state index contributed by atoms with van der Waals surface area (Å²) in [5.74, 6) is 0. The average Bonchev–Trinajstić information content (AvgIpc) is 1.68. The van der Waals surface area contributed by atoms with Crippen LogP contribution in [0.25, 0.3) is 0 Å². The van der Waals surface area contributed by atoms with Crippen LogP contribution in [0.2, 0.25) is 0 Å². The molecule has 0 radical (unpaired) electrons. The number of rotatable bonds is 2. The van der Waals surface area contributed by atoms with Crippen LogP contribution < -0.4 is 6.15 Å². The Hall–Kier alpha value is 0.514. The van der Waals surface area contributed by atoms with Crippen LogP contribution in [0, 0.1) is 0 Å². The van der Waals surface area contributed by atoms with Gasteiger partial charge in [-0.2, -0.15) is 0 Å². The Morgan fingerprint density at radius 3 is 1.38 bits per heavy atom. The van der Waals surface area contributed by atoms with Gasteiger partial charge in [0.1, 0.15) is 0 Å². The third kappa shape index (κ3) is 4.67. The van der Waals surface area contributed by atoms with Crippen LogP contribution >= 0.6 is 0 Å². The first-order valence-electron chi connectivity index (χ1n) is 1.67. The first-order chi connectivity index (χ1) is 3.12. The van der Waals surface area contributed by atoms with Crippen molar-refractivity contribution >= 4 is 0 Å². The zero-order valence-electron chi connectivity index (χ0n) is 4.92. The summed E-state index contributed by atoms with van der Waals surface area (Å²) in [6, 6.07) is 0.